The minimum atomic E-state index is 0.864. The average Bonchev–Trinajstić information content (AvgIpc) is 3.66. The number of fused-ring (bicyclic) bond motifs is 6. The van der Waals surface area contributed by atoms with Gasteiger partial charge in [-0.25, -0.2) is 0 Å². The molecule has 0 atom stereocenters. The van der Waals surface area contributed by atoms with Crippen LogP contribution in [0.2, 0.25) is 0 Å². The molecule has 0 unspecified atom stereocenters. The van der Waals surface area contributed by atoms with Crippen LogP contribution < -0.4 is 22.4 Å². The number of hydrogen-bond donors (Lipinski definition) is 2. The van der Waals surface area contributed by atoms with Crippen molar-refractivity contribution in [3.8, 4) is 20.9 Å². The van der Waals surface area contributed by atoms with E-state index >= 15 is 0 Å². The van der Waals surface area contributed by atoms with E-state index in [9.17, 15) is 0 Å². The van der Waals surface area contributed by atoms with Gasteiger partial charge in [0.05, 0.1) is 10.7 Å². The zero-order chi connectivity index (χ0) is 26.3. The molecule has 4 N–H and O–H groups in total. The molecule has 0 fully saturated rings. The molecule has 7 rings (SSSR count). The summed E-state index contributed by atoms with van der Waals surface area (Å²) in [6.45, 7) is 8.60. The Bertz CT molecular complexity index is 2010. The number of rotatable bonds is 2. The van der Waals surface area contributed by atoms with Gasteiger partial charge >= 0.3 is 0 Å². The second-order valence-electron chi connectivity index (χ2n) is 10.1. The van der Waals surface area contributed by atoms with Gasteiger partial charge in [-0.3, -0.25) is 0 Å². The fourth-order valence-electron chi connectivity index (χ4n) is 5.92. The van der Waals surface area contributed by atoms with E-state index in [0.29, 0.717) is 0 Å². The summed E-state index contributed by atoms with van der Waals surface area (Å²) in [6, 6.07) is 21.8. The van der Waals surface area contributed by atoms with Crippen molar-refractivity contribution in [2.24, 2.45) is 21.9 Å². The molecule has 0 saturated carbocycles. The first-order valence-electron chi connectivity index (χ1n) is 12.6. The highest BCUT2D eigenvalue weighted by atomic mass is 32.1. The van der Waals surface area contributed by atoms with Crippen molar-refractivity contribution in [2.45, 2.75) is 27.7 Å². The van der Waals surface area contributed by atoms with E-state index in [-0.39, 0.29) is 0 Å². The number of nitrogens with two attached hydrogens (primary N) is 2. The minimum absolute atomic E-state index is 0.864. The quantitative estimate of drug-likeness (QED) is 0.180. The molecule has 0 radical (unpaired) electrons. The Balaban J connectivity index is 1.59. The van der Waals surface area contributed by atoms with Crippen molar-refractivity contribution in [2.75, 3.05) is 0 Å². The normalized spacial score (nSPS) is 13.3. The molecule has 5 aromatic carbocycles. The highest BCUT2D eigenvalue weighted by Gasteiger charge is 2.24. The van der Waals surface area contributed by atoms with Crippen LogP contribution in [0.5, 0.6) is 0 Å². The summed E-state index contributed by atoms with van der Waals surface area (Å²) >= 11 is 3.60. The topological polar surface area (TPSA) is 76.8 Å². The van der Waals surface area contributed by atoms with E-state index in [0.717, 1.165) is 32.3 Å². The van der Waals surface area contributed by atoms with Gasteiger partial charge in [-0.05, 0) is 62.1 Å². The lowest BCUT2D eigenvalue weighted by Crippen LogP contribution is -2.07. The van der Waals surface area contributed by atoms with Crippen molar-refractivity contribution in [1.82, 2.24) is 0 Å². The van der Waals surface area contributed by atoms with E-state index in [4.69, 9.17) is 11.7 Å². The van der Waals surface area contributed by atoms with Crippen LogP contribution in [0.1, 0.15) is 22.3 Å². The highest BCUT2D eigenvalue weighted by molar-refractivity contribution is 7.24. The van der Waals surface area contributed by atoms with Crippen LogP contribution in [0.25, 0.3) is 62.6 Å². The molecule has 2 aromatic heterocycles. The second-order valence-corrected chi connectivity index (χ2v) is 12.2. The van der Waals surface area contributed by atoms with Crippen LogP contribution in [0, 0.1) is 27.7 Å². The molecular weight excluding hydrogens is 505 g/mol. The molecule has 186 valence electrons. The number of thiophene rings is 2. The van der Waals surface area contributed by atoms with Crippen molar-refractivity contribution in [3.05, 3.63) is 93.6 Å². The monoisotopic (exact) mass is 530 g/mol. The van der Waals surface area contributed by atoms with Crippen LogP contribution in [-0.4, -0.2) is 0 Å². The summed E-state index contributed by atoms with van der Waals surface area (Å²) in [6.07, 6.45) is 0. The third-order valence-electron chi connectivity index (χ3n) is 7.83. The van der Waals surface area contributed by atoms with Gasteiger partial charge in [0.15, 0.2) is 0 Å². The van der Waals surface area contributed by atoms with Gasteiger partial charge in [0.25, 0.3) is 0 Å². The second kappa shape index (κ2) is 8.25. The summed E-state index contributed by atoms with van der Waals surface area (Å²) in [5.74, 6) is 12.2. The Labute approximate surface area is 227 Å². The predicted octanol–water partition coefficient (Wildman–Crippen LogP) is 7.41. The minimum Gasteiger partial charge on any atom is -0.323 e. The molecule has 7 aromatic rings. The fourth-order valence-corrected chi connectivity index (χ4v) is 8.47. The van der Waals surface area contributed by atoms with Crippen molar-refractivity contribution in [1.29, 1.82) is 0 Å². The van der Waals surface area contributed by atoms with Crippen LogP contribution in [0.3, 0.4) is 0 Å². The molecule has 4 nitrogen and oxygen atoms in total. The van der Waals surface area contributed by atoms with Gasteiger partial charge in [0, 0.05) is 51.5 Å². The largest absolute Gasteiger partial charge is 0.323 e. The lowest BCUT2D eigenvalue weighted by molar-refractivity contribution is 1.17. The van der Waals surface area contributed by atoms with Gasteiger partial charge in [-0.2, -0.15) is 10.2 Å². The van der Waals surface area contributed by atoms with Crippen molar-refractivity contribution in [3.63, 3.8) is 0 Å². The maximum absolute atomic E-state index is 6.09. The zero-order valence-corrected chi connectivity index (χ0v) is 23.3. The Hall–Kier alpha value is -4.00. The Morgan fingerprint density at radius 1 is 0.526 bits per heavy atom. The van der Waals surface area contributed by atoms with Crippen LogP contribution in [0.4, 0.5) is 0 Å². The first-order chi connectivity index (χ1) is 18.4. The van der Waals surface area contributed by atoms with Crippen LogP contribution in [-0.2, 0) is 0 Å². The fraction of sp³-hybridized carbons (Fsp3) is 0.125. The van der Waals surface area contributed by atoms with Crippen molar-refractivity contribution < 1.29 is 0 Å². The Morgan fingerprint density at radius 2 is 0.895 bits per heavy atom. The van der Waals surface area contributed by atoms with E-state index in [2.05, 4.69) is 98.6 Å². The molecular formula is C32H26N4S2. The molecule has 0 aliphatic rings. The molecule has 0 bridgehead atoms. The molecule has 0 aliphatic carbocycles. The lowest BCUT2D eigenvalue weighted by Gasteiger charge is -2.07. The van der Waals surface area contributed by atoms with Gasteiger partial charge in [-0.15, -0.1) is 22.7 Å². The zero-order valence-electron chi connectivity index (χ0n) is 21.6. The molecule has 0 amide bonds. The molecule has 0 aliphatic heterocycles. The SMILES string of the molecule is Cc1ccc(-c2cc3/c(=N/N)c4c(C)c5c(c(C)c4c3s2)/c(=N\N)c2cc(-c3ccc(C)cc3)sc25)cc1. The maximum atomic E-state index is 6.09. The third-order valence-corrected chi connectivity index (χ3v) is 10.2. The van der Waals surface area contributed by atoms with Crippen molar-refractivity contribution >= 4 is 64.4 Å². The van der Waals surface area contributed by atoms with Gasteiger partial charge in [-0.1, -0.05) is 59.7 Å². The first kappa shape index (κ1) is 23.1. The van der Waals surface area contributed by atoms with Gasteiger partial charge in [0.1, 0.15) is 0 Å². The van der Waals surface area contributed by atoms with Gasteiger partial charge in [0.2, 0.25) is 0 Å². The Kier molecular flexibility index (Phi) is 5.02. The van der Waals surface area contributed by atoms with E-state index < -0.39 is 0 Å². The summed E-state index contributed by atoms with van der Waals surface area (Å²) in [7, 11) is 0. The maximum Gasteiger partial charge on any atom is 0.0995 e. The smallest absolute Gasteiger partial charge is 0.0995 e. The van der Waals surface area contributed by atoms with E-state index in [1.807, 2.05) is 0 Å². The number of nitrogens with zero attached hydrogens (tertiary/aromatic N) is 2. The molecule has 6 heteroatoms. The summed E-state index contributed by atoms with van der Waals surface area (Å²) < 4.78 is 2.44. The molecule has 0 spiro atoms. The Morgan fingerprint density at radius 3 is 1.24 bits per heavy atom. The first-order valence-corrected chi connectivity index (χ1v) is 14.2. The third kappa shape index (κ3) is 3.08. The summed E-state index contributed by atoms with van der Waals surface area (Å²) in [5.41, 5.74) is 7.28. The number of aryl methyl sites for hydroxylation is 4. The molecule has 0 saturated heterocycles. The standard InChI is InChI=1S/C32H26N4S2/c1-15-5-9-19(10-6-15)23-13-21-29(35-33)25-18(4)28-26(17(3)27(25)31(21)37-23)30(36-34)22-14-24(38-32(22)28)20-11-7-16(2)8-12-20/h5-14H,33-34H2,1-4H3/b35-29-,36-30-. The number of hydrogen-bond acceptors (Lipinski definition) is 6. The summed E-state index contributed by atoms with van der Waals surface area (Å²) in [4.78, 5) is 2.43. The van der Waals surface area contributed by atoms with E-state index in [1.165, 1.54) is 63.3 Å². The summed E-state index contributed by atoms with van der Waals surface area (Å²) in [5, 5.41) is 17.3. The number of benzene rings is 3. The average molecular weight is 531 g/mol. The van der Waals surface area contributed by atoms with Crippen LogP contribution >= 0.6 is 22.7 Å². The highest BCUT2D eigenvalue weighted by Crippen LogP contribution is 2.45. The van der Waals surface area contributed by atoms with Gasteiger partial charge < -0.3 is 11.7 Å². The molecule has 38 heavy (non-hydrogen) atoms. The predicted molar refractivity (Wildman–Crippen MR) is 164 cm³/mol. The van der Waals surface area contributed by atoms with E-state index in [1.54, 1.807) is 22.7 Å². The molecule has 2 heterocycles. The van der Waals surface area contributed by atoms with Crippen LogP contribution in [0.15, 0.2) is 70.9 Å². The lowest BCUT2D eigenvalue weighted by atomic mass is 9.98.